The molecule has 0 saturated heterocycles. The van der Waals surface area contributed by atoms with Gasteiger partial charge in [0.15, 0.2) is 11.5 Å². The third-order valence-corrected chi connectivity index (χ3v) is 4.84. The van der Waals surface area contributed by atoms with Gasteiger partial charge in [-0.05, 0) is 59.7 Å². The first-order chi connectivity index (χ1) is 15.5. The van der Waals surface area contributed by atoms with Crippen LogP contribution in [0.15, 0.2) is 84.9 Å². The number of hydrogen-bond acceptors (Lipinski definition) is 4. The number of aromatic hydroxyl groups is 2. The monoisotopic (exact) mass is 416 g/mol. The maximum atomic E-state index is 10.4. The number of nitrogen functional groups attached to an aromatic ring is 2. The van der Waals surface area contributed by atoms with E-state index in [0.29, 0.717) is 22.3 Å². The third kappa shape index (κ3) is 4.51. The molecule has 4 aromatic rings. The van der Waals surface area contributed by atoms with Crippen molar-refractivity contribution >= 4 is 11.4 Å². The minimum Gasteiger partial charge on any atom is -0.505 e. The summed E-state index contributed by atoms with van der Waals surface area (Å²) < 4.78 is 0. The third-order valence-electron chi connectivity index (χ3n) is 4.84. The highest BCUT2D eigenvalue weighted by atomic mass is 16.3. The van der Waals surface area contributed by atoms with Crippen LogP contribution in [0, 0.1) is 23.7 Å². The van der Waals surface area contributed by atoms with E-state index in [2.05, 4.69) is 23.7 Å². The first-order valence-corrected chi connectivity index (χ1v) is 9.91. The van der Waals surface area contributed by atoms with Crippen LogP contribution in [-0.2, 0) is 0 Å². The van der Waals surface area contributed by atoms with Gasteiger partial charge in [0.05, 0.1) is 22.5 Å². The summed E-state index contributed by atoms with van der Waals surface area (Å²) in [5, 5.41) is 20.8. The summed E-state index contributed by atoms with van der Waals surface area (Å²) in [6, 6.07) is 25.7. The molecule has 0 radical (unpaired) electrons. The maximum absolute atomic E-state index is 10.4. The van der Waals surface area contributed by atoms with E-state index in [1.807, 2.05) is 60.7 Å². The molecule has 154 valence electrons. The molecule has 0 unspecified atom stereocenters. The molecule has 0 saturated carbocycles. The van der Waals surface area contributed by atoms with Gasteiger partial charge in [0.1, 0.15) is 0 Å². The fourth-order valence-electron chi connectivity index (χ4n) is 3.16. The topological polar surface area (TPSA) is 92.5 Å². The molecule has 32 heavy (non-hydrogen) atoms. The summed E-state index contributed by atoms with van der Waals surface area (Å²) in [4.78, 5) is 0. The average molecular weight is 416 g/mol. The SMILES string of the molecule is Nc1cc(-c2cc(N)c(O)c(C#Cc3ccccc3)c2)cc(C#Cc2ccccc2)c1O. The van der Waals surface area contributed by atoms with Crippen LogP contribution < -0.4 is 11.5 Å². The Kier molecular flexibility index (Phi) is 5.70. The van der Waals surface area contributed by atoms with E-state index < -0.39 is 0 Å². The maximum Gasteiger partial charge on any atom is 0.154 e. The van der Waals surface area contributed by atoms with Gasteiger partial charge < -0.3 is 21.7 Å². The van der Waals surface area contributed by atoms with Crippen LogP contribution in [0.5, 0.6) is 11.5 Å². The lowest BCUT2D eigenvalue weighted by Crippen LogP contribution is -1.94. The van der Waals surface area contributed by atoms with E-state index in [1.54, 1.807) is 24.3 Å². The Labute approximate surface area is 186 Å². The van der Waals surface area contributed by atoms with Crippen LogP contribution in [0.4, 0.5) is 11.4 Å². The van der Waals surface area contributed by atoms with Crippen LogP contribution in [-0.4, -0.2) is 10.2 Å². The summed E-state index contributed by atoms with van der Waals surface area (Å²) in [5.74, 6) is 11.9. The number of phenols is 2. The molecule has 4 heteroatoms. The Morgan fingerprint density at radius 3 is 1.25 bits per heavy atom. The standard InChI is InChI=1S/C28H20N2O2/c29-25-17-23(15-21(27(25)31)13-11-19-7-3-1-4-8-19)24-16-22(28(32)26(30)18-24)14-12-20-9-5-2-6-10-20/h1-10,15-18,31-32H,29-30H2. The van der Waals surface area contributed by atoms with E-state index in [0.717, 1.165) is 11.1 Å². The van der Waals surface area contributed by atoms with Crippen LogP contribution >= 0.6 is 0 Å². The van der Waals surface area contributed by atoms with Crippen molar-refractivity contribution in [1.82, 2.24) is 0 Å². The van der Waals surface area contributed by atoms with Gasteiger partial charge in [0.2, 0.25) is 0 Å². The first kappa shape index (κ1) is 20.5. The number of hydrogen-bond donors (Lipinski definition) is 4. The minimum absolute atomic E-state index is 0.0759. The van der Waals surface area contributed by atoms with Gasteiger partial charge in [0.25, 0.3) is 0 Å². The Morgan fingerprint density at radius 2 is 0.875 bits per heavy atom. The molecular formula is C28H20N2O2. The molecule has 0 aliphatic rings. The van der Waals surface area contributed by atoms with Crippen molar-refractivity contribution in [3.05, 3.63) is 107 Å². The Bertz CT molecular complexity index is 1290. The number of anilines is 2. The van der Waals surface area contributed by atoms with E-state index in [1.165, 1.54) is 0 Å². The Balaban J connectivity index is 1.77. The Hall–Kier alpha value is -4.80. The molecule has 0 aliphatic carbocycles. The summed E-state index contributed by atoms with van der Waals surface area (Å²) in [6.07, 6.45) is 0. The van der Waals surface area contributed by atoms with Gasteiger partial charge in [-0.25, -0.2) is 0 Å². The van der Waals surface area contributed by atoms with Crippen molar-refractivity contribution in [3.63, 3.8) is 0 Å². The molecular weight excluding hydrogens is 396 g/mol. The molecule has 4 nitrogen and oxygen atoms in total. The van der Waals surface area contributed by atoms with Gasteiger partial charge in [-0.15, -0.1) is 0 Å². The minimum atomic E-state index is -0.0759. The van der Waals surface area contributed by atoms with Crippen molar-refractivity contribution in [2.75, 3.05) is 11.5 Å². The smallest absolute Gasteiger partial charge is 0.154 e. The highest BCUT2D eigenvalue weighted by molar-refractivity contribution is 5.80. The number of rotatable bonds is 1. The van der Waals surface area contributed by atoms with Crippen molar-refractivity contribution in [1.29, 1.82) is 0 Å². The molecule has 0 bridgehead atoms. The van der Waals surface area contributed by atoms with Crippen LogP contribution in [0.1, 0.15) is 22.3 Å². The van der Waals surface area contributed by atoms with Crippen molar-refractivity contribution in [3.8, 4) is 46.3 Å². The Morgan fingerprint density at radius 1 is 0.500 bits per heavy atom. The molecule has 4 aromatic carbocycles. The van der Waals surface area contributed by atoms with Gasteiger partial charge in [-0.2, -0.15) is 0 Å². The van der Waals surface area contributed by atoms with E-state index in [-0.39, 0.29) is 22.9 Å². The quantitative estimate of drug-likeness (QED) is 0.205. The molecule has 0 amide bonds. The lowest BCUT2D eigenvalue weighted by atomic mass is 9.98. The molecule has 0 fully saturated rings. The van der Waals surface area contributed by atoms with E-state index in [9.17, 15) is 10.2 Å². The predicted molar refractivity (Wildman–Crippen MR) is 129 cm³/mol. The second-order valence-electron chi connectivity index (χ2n) is 7.16. The first-order valence-electron chi connectivity index (χ1n) is 9.91. The summed E-state index contributed by atoms with van der Waals surface area (Å²) in [6.45, 7) is 0. The van der Waals surface area contributed by atoms with Gasteiger partial charge >= 0.3 is 0 Å². The van der Waals surface area contributed by atoms with E-state index in [4.69, 9.17) is 11.5 Å². The molecule has 0 heterocycles. The lowest BCUT2D eigenvalue weighted by Gasteiger charge is -2.10. The fraction of sp³-hybridized carbons (Fsp3) is 0. The molecule has 6 N–H and O–H groups in total. The number of benzene rings is 4. The second-order valence-corrected chi connectivity index (χ2v) is 7.16. The molecule has 4 rings (SSSR count). The molecule has 0 atom stereocenters. The van der Waals surface area contributed by atoms with Crippen molar-refractivity contribution < 1.29 is 10.2 Å². The predicted octanol–water partition coefficient (Wildman–Crippen LogP) is 4.73. The molecule has 0 aliphatic heterocycles. The zero-order valence-electron chi connectivity index (χ0n) is 17.1. The zero-order chi connectivity index (χ0) is 22.5. The fourth-order valence-corrected chi connectivity index (χ4v) is 3.16. The normalized spacial score (nSPS) is 9.88. The highest BCUT2D eigenvalue weighted by Gasteiger charge is 2.12. The summed E-state index contributed by atoms with van der Waals surface area (Å²) in [7, 11) is 0. The highest BCUT2D eigenvalue weighted by Crippen LogP contribution is 2.35. The van der Waals surface area contributed by atoms with Crippen LogP contribution in [0.25, 0.3) is 11.1 Å². The zero-order valence-corrected chi connectivity index (χ0v) is 17.1. The summed E-state index contributed by atoms with van der Waals surface area (Å²) >= 11 is 0. The molecule has 0 spiro atoms. The summed E-state index contributed by atoms with van der Waals surface area (Å²) in [5.41, 5.74) is 16.3. The average Bonchev–Trinajstić information content (AvgIpc) is 2.82. The van der Waals surface area contributed by atoms with Gasteiger partial charge in [-0.3, -0.25) is 0 Å². The van der Waals surface area contributed by atoms with Gasteiger partial charge in [0, 0.05) is 11.1 Å². The lowest BCUT2D eigenvalue weighted by molar-refractivity contribution is 0.475. The molecule has 0 aromatic heterocycles. The number of nitrogens with two attached hydrogens (primary N) is 2. The second kappa shape index (κ2) is 8.92. The largest absolute Gasteiger partial charge is 0.505 e. The van der Waals surface area contributed by atoms with Crippen LogP contribution in [0.3, 0.4) is 0 Å². The van der Waals surface area contributed by atoms with Crippen LogP contribution in [0.2, 0.25) is 0 Å². The van der Waals surface area contributed by atoms with E-state index >= 15 is 0 Å². The van der Waals surface area contributed by atoms with Crippen molar-refractivity contribution in [2.45, 2.75) is 0 Å². The van der Waals surface area contributed by atoms with Gasteiger partial charge in [-0.1, -0.05) is 60.1 Å². The van der Waals surface area contributed by atoms with Crippen molar-refractivity contribution in [2.24, 2.45) is 0 Å². The number of phenolic OH excluding ortho intramolecular Hbond substituents is 2.